The van der Waals surface area contributed by atoms with Gasteiger partial charge in [-0.05, 0) is 42.2 Å². The Hall–Kier alpha value is -3.47. The van der Waals surface area contributed by atoms with Crippen LogP contribution in [0.5, 0.6) is 0 Å². The molecule has 4 rings (SSSR count). The lowest BCUT2D eigenvalue weighted by atomic mass is 9.95. The molecule has 1 heterocycles. The van der Waals surface area contributed by atoms with Crippen LogP contribution in [0.2, 0.25) is 0 Å². The topological polar surface area (TPSA) is 61.8 Å². The monoisotopic (exact) mass is 399 g/mol. The van der Waals surface area contributed by atoms with Crippen molar-refractivity contribution in [3.63, 3.8) is 0 Å². The maximum absolute atomic E-state index is 12.7. The number of likely N-dealkylation sites (tertiary alicyclic amines) is 1. The minimum absolute atomic E-state index is 0.0425. The Labute approximate surface area is 176 Å². The third-order valence-electron chi connectivity index (χ3n) is 5.73. The van der Waals surface area contributed by atoms with E-state index in [-0.39, 0.29) is 17.7 Å². The predicted molar refractivity (Wildman–Crippen MR) is 119 cm³/mol. The molecule has 1 fully saturated rings. The van der Waals surface area contributed by atoms with E-state index < -0.39 is 0 Å². The van der Waals surface area contributed by atoms with E-state index in [2.05, 4.69) is 22.7 Å². The summed E-state index contributed by atoms with van der Waals surface area (Å²) in [4.78, 5) is 27.1. The van der Waals surface area contributed by atoms with Crippen molar-refractivity contribution >= 4 is 28.8 Å². The molecule has 1 aliphatic heterocycles. The fraction of sp³-hybridized carbons (Fsp3) is 0.240. The van der Waals surface area contributed by atoms with E-state index in [1.54, 1.807) is 6.21 Å². The number of amides is 2. The van der Waals surface area contributed by atoms with Crippen LogP contribution < -0.4 is 5.43 Å². The van der Waals surface area contributed by atoms with Crippen LogP contribution in [-0.2, 0) is 4.79 Å². The van der Waals surface area contributed by atoms with Crippen molar-refractivity contribution in [3.8, 4) is 0 Å². The Morgan fingerprint density at radius 2 is 1.67 bits per heavy atom. The van der Waals surface area contributed by atoms with Crippen LogP contribution in [-0.4, -0.2) is 36.0 Å². The molecule has 1 saturated heterocycles. The molecule has 0 atom stereocenters. The van der Waals surface area contributed by atoms with Gasteiger partial charge in [-0.2, -0.15) is 5.10 Å². The number of nitrogens with zero attached hydrogens (tertiary/aromatic N) is 2. The van der Waals surface area contributed by atoms with Crippen molar-refractivity contribution < 1.29 is 9.59 Å². The van der Waals surface area contributed by atoms with Gasteiger partial charge in [0.2, 0.25) is 5.91 Å². The summed E-state index contributed by atoms with van der Waals surface area (Å²) in [5.74, 6) is -0.175. The summed E-state index contributed by atoms with van der Waals surface area (Å²) in [6.07, 6.45) is 2.98. The van der Waals surface area contributed by atoms with Crippen molar-refractivity contribution in [2.45, 2.75) is 19.8 Å². The lowest BCUT2D eigenvalue weighted by Crippen LogP contribution is -2.42. The third-order valence-corrected chi connectivity index (χ3v) is 5.73. The molecule has 0 bridgehead atoms. The summed E-state index contributed by atoms with van der Waals surface area (Å²) in [5, 5.41) is 6.41. The van der Waals surface area contributed by atoms with E-state index in [0.29, 0.717) is 25.9 Å². The van der Waals surface area contributed by atoms with Gasteiger partial charge in [0.1, 0.15) is 0 Å². The van der Waals surface area contributed by atoms with E-state index in [1.807, 2.05) is 66.4 Å². The number of nitrogens with one attached hydrogen (secondary N) is 1. The minimum Gasteiger partial charge on any atom is -0.339 e. The lowest BCUT2D eigenvalue weighted by Gasteiger charge is -2.31. The van der Waals surface area contributed by atoms with Crippen LogP contribution in [0.15, 0.2) is 71.8 Å². The normalized spacial score (nSPS) is 14.9. The first-order valence-corrected chi connectivity index (χ1v) is 10.3. The zero-order chi connectivity index (χ0) is 20.9. The highest BCUT2D eigenvalue weighted by Gasteiger charge is 2.28. The van der Waals surface area contributed by atoms with Gasteiger partial charge in [0.15, 0.2) is 0 Å². The molecule has 0 aromatic heterocycles. The second-order valence-electron chi connectivity index (χ2n) is 7.68. The Bertz CT molecular complexity index is 1090. The molecule has 0 radical (unpaired) electrons. The summed E-state index contributed by atoms with van der Waals surface area (Å²) in [5.41, 5.74) is 5.36. The maximum Gasteiger partial charge on any atom is 0.254 e. The number of hydrogen-bond acceptors (Lipinski definition) is 3. The molecule has 0 aliphatic carbocycles. The summed E-state index contributed by atoms with van der Waals surface area (Å²) >= 11 is 0. The smallest absolute Gasteiger partial charge is 0.254 e. The van der Waals surface area contributed by atoms with Crippen LogP contribution in [0.3, 0.4) is 0 Å². The van der Waals surface area contributed by atoms with Crippen molar-refractivity contribution in [2.75, 3.05) is 13.1 Å². The van der Waals surface area contributed by atoms with Crippen molar-refractivity contribution in [1.82, 2.24) is 10.3 Å². The number of aryl methyl sites for hydroxylation is 1. The fourth-order valence-corrected chi connectivity index (χ4v) is 3.95. The molecule has 152 valence electrons. The quantitative estimate of drug-likeness (QED) is 0.529. The molecule has 0 saturated carbocycles. The Morgan fingerprint density at radius 1 is 0.967 bits per heavy atom. The van der Waals surface area contributed by atoms with Gasteiger partial charge in [-0.25, -0.2) is 5.43 Å². The van der Waals surface area contributed by atoms with Crippen LogP contribution in [0.4, 0.5) is 0 Å². The van der Waals surface area contributed by atoms with Crippen molar-refractivity contribution in [2.24, 2.45) is 11.0 Å². The average Bonchev–Trinajstić information content (AvgIpc) is 2.79. The molecule has 0 spiro atoms. The first-order valence-electron chi connectivity index (χ1n) is 10.3. The number of hydrazone groups is 1. The van der Waals surface area contributed by atoms with E-state index in [9.17, 15) is 9.59 Å². The number of hydrogen-bond donors (Lipinski definition) is 1. The van der Waals surface area contributed by atoms with Crippen LogP contribution >= 0.6 is 0 Å². The molecule has 0 unspecified atom stereocenters. The number of piperidine rings is 1. The van der Waals surface area contributed by atoms with Gasteiger partial charge in [-0.3, -0.25) is 9.59 Å². The van der Waals surface area contributed by atoms with Crippen molar-refractivity contribution in [1.29, 1.82) is 0 Å². The standard InChI is InChI=1S/C25H25N3O2/c1-18-7-2-4-11-22(18)25(30)28-15-13-20(14-16-28)24(29)27-26-17-21-10-6-9-19-8-3-5-12-23(19)21/h2-12,17,20H,13-16H2,1H3,(H,27,29)/b26-17-. The molecule has 3 aromatic rings. The average molecular weight is 399 g/mol. The first-order chi connectivity index (χ1) is 14.6. The summed E-state index contributed by atoms with van der Waals surface area (Å²) in [6.45, 7) is 3.11. The molecular formula is C25H25N3O2. The first kappa shape index (κ1) is 19.8. The van der Waals surface area contributed by atoms with Gasteiger partial charge in [0, 0.05) is 30.1 Å². The Balaban J connectivity index is 1.33. The van der Waals surface area contributed by atoms with Gasteiger partial charge in [-0.15, -0.1) is 0 Å². The second-order valence-corrected chi connectivity index (χ2v) is 7.68. The lowest BCUT2D eigenvalue weighted by molar-refractivity contribution is -0.126. The molecule has 5 nitrogen and oxygen atoms in total. The summed E-state index contributed by atoms with van der Waals surface area (Å²) in [7, 11) is 0. The van der Waals surface area contributed by atoms with E-state index in [1.165, 1.54) is 0 Å². The van der Waals surface area contributed by atoms with Gasteiger partial charge in [0.25, 0.3) is 5.91 Å². The number of rotatable bonds is 4. The number of carbonyl (C=O) groups is 2. The minimum atomic E-state index is -0.129. The molecule has 2 amide bonds. The molecular weight excluding hydrogens is 374 g/mol. The van der Waals surface area contributed by atoms with Gasteiger partial charge >= 0.3 is 0 Å². The summed E-state index contributed by atoms with van der Waals surface area (Å²) in [6, 6.07) is 21.7. The number of carbonyl (C=O) groups excluding carboxylic acids is 2. The van der Waals surface area contributed by atoms with Crippen LogP contribution in [0, 0.1) is 12.8 Å². The van der Waals surface area contributed by atoms with Gasteiger partial charge in [-0.1, -0.05) is 60.7 Å². The second kappa shape index (κ2) is 8.91. The Kier molecular flexibility index (Phi) is 5.89. The number of benzene rings is 3. The van der Waals surface area contributed by atoms with Crippen LogP contribution in [0.1, 0.15) is 34.3 Å². The molecule has 3 aromatic carbocycles. The highest BCUT2D eigenvalue weighted by molar-refractivity contribution is 6.00. The largest absolute Gasteiger partial charge is 0.339 e. The van der Waals surface area contributed by atoms with E-state index in [0.717, 1.165) is 27.5 Å². The van der Waals surface area contributed by atoms with E-state index in [4.69, 9.17) is 0 Å². The highest BCUT2D eigenvalue weighted by Crippen LogP contribution is 2.21. The zero-order valence-electron chi connectivity index (χ0n) is 17.0. The van der Waals surface area contributed by atoms with E-state index >= 15 is 0 Å². The molecule has 5 heteroatoms. The van der Waals surface area contributed by atoms with Crippen LogP contribution in [0.25, 0.3) is 10.8 Å². The Morgan fingerprint density at radius 3 is 2.47 bits per heavy atom. The zero-order valence-corrected chi connectivity index (χ0v) is 17.0. The van der Waals surface area contributed by atoms with Gasteiger partial charge in [0.05, 0.1) is 6.21 Å². The van der Waals surface area contributed by atoms with Crippen molar-refractivity contribution in [3.05, 3.63) is 83.4 Å². The fourth-order valence-electron chi connectivity index (χ4n) is 3.95. The highest BCUT2D eigenvalue weighted by atomic mass is 16.2. The maximum atomic E-state index is 12.7. The number of fused-ring (bicyclic) bond motifs is 1. The van der Waals surface area contributed by atoms with Gasteiger partial charge < -0.3 is 4.90 Å². The SMILES string of the molecule is Cc1ccccc1C(=O)N1CCC(C(=O)N/N=C\c2cccc3ccccc23)CC1. The molecule has 30 heavy (non-hydrogen) atoms. The summed E-state index contributed by atoms with van der Waals surface area (Å²) < 4.78 is 0. The molecule has 1 N–H and O–H groups in total. The predicted octanol–water partition coefficient (Wildman–Crippen LogP) is 4.15. The third kappa shape index (κ3) is 4.25. The molecule has 1 aliphatic rings.